The molecule has 0 N–H and O–H groups in total. The van der Waals surface area contributed by atoms with Crippen LogP contribution in [0.25, 0.3) is 0 Å². The predicted molar refractivity (Wildman–Crippen MR) is 87.8 cm³/mol. The Hall–Kier alpha value is 0. The van der Waals surface area contributed by atoms with Crippen molar-refractivity contribution in [3.8, 4) is 0 Å². The zero-order valence-electron chi connectivity index (χ0n) is 13.8. The van der Waals surface area contributed by atoms with Crippen LogP contribution in [-0.4, -0.2) is 0 Å². The molecule has 3 saturated carbocycles. The maximum Gasteiger partial charge on any atom is -0.0355 e. The van der Waals surface area contributed by atoms with E-state index < -0.39 is 0 Å². The summed E-state index contributed by atoms with van der Waals surface area (Å²) >= 11 is 0. The van der Waals surface area contributed by atoms with Crippen LogP contribution in [0, 0.1) is 29.6 Å². The maximum atomic E-state index is 2.33. The minimum atomic E-state index is 1.10. The molecule has 0 heteroatoms. The van der Waals surface area contributed by atoms with Crippen molar-refractivity contribution in [2.45, 2.75) is 96.8 Å². The van der Waals surface area contributed by atoms with E-state index in [4.69, 9.17) is 0 Å². The lowest BCUT2D eigenvalue weighted by Gasteiger charge is -2.49. The molecule has 0 heterocycles. The van der Waals surface area contributed by atoms with Gasteiger partial charge in [-0.3, -0.25) is 0 Å². The Balaban J connectivity index is 1.47. The zero-order valence-corrected chi connectivity index (χ0v) is 13.8. The average Bonchev–Trinajstić information content (AvgIpc) is 2.51. The van der Waals surface area contributed by atoms with Crippen LogP contribution in [0.4, 0.5) is 0 Å². The van der Waals surface area contributed by atoms with Crippen LogP contribution < -0.4 is 0 Å². The van der Waals surface area contributed by atoms with Gasteiger partial charge in [0.15, 0.2) is 0 Å². The largest absolute Gasteiger partial charge is 0.0654 e. The highest BCUT2D eigenvalue weighted by molar-refractivity contribution is 4.92. The number of rotatable bonds is 5. The molecule has 0 aromatic rings. The average molecular weight is 277 g/mol. The number of fused-ring (bicyclic) bond motifs is 3. The summed E-state index contributed by atoms with van der Waals surface area (Å²) in [6.07, 6.45) is 21.6. The normalized spacial score (nSPS) is 41.0. The van der Waals surface area contributed by atoms with Crippen LogP contribution >= 0.6 is 0 Å². The Kier molecular flexibility index (Phi) is 5.46. The standard InChI is InChI=1S/C20H36/c1-2-3-4-5-8-16-11-14-20-18(15-16)13-12-17-9-6-7-10-19(17)20/h16-20H,2-15H2,1H3/t16-,17?,18?,19?,20?/m0/s1. The van der Waals surface area contributed by atoms with E-state index in [-0.39, 0.29) is 0 Å². The first-order valence-corrected chi connectivity index (χ1v) is 9.88. The van der Waals surface area contributed by atoms with Crippen LogP contribution in [-0.2, 0) is 0 Å². The third-order valence-electron chi connectivity index (χ3n) is 7.04. The second-order valence-electron chi connectivity index (χ2n) is 8.24. The van der Waals surface area contributed by atoms with Crippen molar-refractivity contribution in [2.75, 3.05) is 0 Å². The van der Waals surface area contributed by atoms with Crippen molar-refractivity contribution in [1.29, 1.82) is 0 Å². The van der Waals surface area contributed by atoms with E-state index in [1.165, 1.54) is 25.7 Å². The quantitative estimate of drug-likeness (QED) is 0.497. The first-order valence-electron chi connectivity index (χ1n) is 9.88. The fraction of sp³-hybridized carbons (Fsp3) is 1.00. The molecular formula is C20H36. The predicted octanol–water partition coefficient (Wildman–Crippen LogP) is 6.59. The van der Waals surface area contributed by atoms with E-state index in [2.05, 4.69) is 6.92 Å². The molecule has 0 nitrogen and oxygen atoms in total. The molecule has 0 spiro atoms. The van der Waals surface area contributed by atoms with Gasteiger partial charge < -0.3 is 0 Å². The molecule has 0 amide bonds. The van der Waals surface area contributed by atoms with E-state index in [9.17, 15) is 0 Å². The summed E-state index contributed by atoms with van der Waals surface area (Å²) in [5.74, 6) is 5.70. The molecule has 0 aliphatic heterocycles. The van der Waals surface area contributed by atoms with Crippen LogP contribution in [0.1, 0.15) is 96.8 Å². The highest BCUT2D eigenvalue weighted by Gasteiger charge is 2.42. The monoisotopic (exact) mass is 276 g/mol. The lowest BCUT2D eigenvalue weighted by Crippen LogP contribution is -2.40. The lowest BCUT2D eigenvalue weighted by atomic mass is 9.56. The van der Waals surface area contributed by atoms with E-state index >= 15 is 0 Å². The van der Waals surface area contributed by atoms with Crippen molar-refractivity contribution < 1.29 is 0 Å². The summed E-state index contributed by atoms with van der Waals surface area (Å²) < 4.78 is 0. The molecule has 3 rings (SSSR count). The Morgan fingerprint density at radius 2 is 1.50 bits per heavy atom. The van der Waals surface area contributed by atoms with Gasteiger partial charge in [0, 0.05) is 0 Å². The van der Waals surface area contributed by atoms with Crippen molar-refractivity contribution in [2.24, 2.45) is 29.6 Å². The fourth-order valence-corrected chi connectivity index (χ4v) is 5.99. The van der Waals surface area contributed by atoms with Gasteiger partial charge in [0.05, 0.1) is 0 Å². The van der Waals surface area contributed by atoms with E-state index in [1.54, 1.807) is 64.2 Å². The van der Waals surface area contributed by atoms with Crippen molar-refractivity contribution >= 4 is 0 Å². The minimum absolute atomic E-state index is 1.10. The second kappa shape index (κ2) is 7.32. The highest BCUT2D eigenvalue weighted by Crippen LogP contribution is 2.52. The maximum absolute atomic E-state index is 2.33. The molecule has 0 bridgehead atoms. The Labute approximate surface area is 127 Å². The molecule has 3 fully saturated rings. The Bertz CT molecular complexity index is 282. The molecule has 3 aliphatic rings. The molecule has 5 atom stereocenters. The van der Waals surface area contributed by atoms with E-state index in [0.717, 1.165) is 29.6 Å². The SMILES string of the molecule is CCCCCC[C@H]1CCC2C(CCC3CCCCC32)C1. The van der Waals surface area contributed by atoms with Gasteiger partial charge in [-0.05, 0) is 61.7 Å². The summed E-state index contributed by atoms with van der Waals surface area (Å²) in [5.41, 5.74) is 0. The summed E-state index contributed by atoms with van der Waals surface area (Å²) in [6, 6.07) is 0. The molecular weight excluding hydrogens is 240 g/mol. The van der Waals surface area contributed by atoms with Crippen LogP contribution in [0.15, 0.2) is 0 Å². The number of unbranched alkanes of at least 4 members (excludes halogenated alkanes) is 3. The zero-order chi connectivity index (χ0) is 13.8. The second-order valence-corrected chi connectivity index (χ2v) is 8.24. The Morgan fingerprint density at radius 3 is 2.40 bits per heavy atom. The van der Waals surface area contributed by atoms with Gasteiger partial charge in [0.1, 0.15) is 0 Å². The first-order chi connectivity index (χ1) is 9.88. The van der Waals surface area contributed by atoms with Gasteiger partial charge in [-0.15, -0.1) is 0 Å². The molecule has 0 saturated heterocycles. The summed E-state index contributed by atoms with van der Waals surface area (Å²) in [5, 5.41) is 0. The molecule has 0 aromatic heterocycles. The van der Waals surface area contributed by atoms with E-state index in [0.29, 0.717) is 0 Å². The smallest absolute Gasteiger partial charge is 0.0355 e. The topological polar surface area (TPSA) is 0 Å². The third kappa shape index (κ3) is 3.42. The van der Waals surface area contributed by atoms with Crippen LogP contribution in [0.2, 0.25) is 0 Å². The third-order valence-corrected chi connectivity index (χ3v) is 7.04. The summed E-state index contributed by atoms with van der Waals surface area (Å²) in [7, 11) is 0. The summed E-state index contributed by atoms with van der Waals surface area (Å²) in [6.45, 7) is 2.33. The van der Waals surface area contributed by atoms with Gasteiger partial charge in [-0.1, -0.05) is 64.7 Å². The van der Waals surface area contributed by atoms with Crippen LogP contribution in [0.5, 0.6) is 0 Å². The molecule has 4 unspecified atom stereocenters. The number of hydrogen-bond donors (Lipinski definition) is 0. The van der Waals surface area contributed by atoms with Gasteiger partial charge in [0.2, 0.25) is 0 Å². The molecule has 0 radical (unpaired) electrons. The van der Waals surface area contributed by atoms with Crippen molar-refractivity contribution in [3.05, 3.63) is 0 Å². The minimum Gasteiger partial charge on any atom is -0.0654 e. The van der Waals surface area contributed by atoms with Crippen LogP contribution in [0.3, 0.4) is 0 Å². The van der Waals surface area contributed by atoms with Gasteiger partial charge >= 0.3 is 0 Å². The van der Waals surface area contributed by atoms with Crippen molar-refractivity contribution in [1.82, 2.24) is 0 Å². The first kappa shape index (κ1) is 14.9. The van der Waals surface area contributed by atoms with Crippen molar-refractivity contribution in [3.63, 3.8) is 0 Å². The number of hydrogen-bond acceptors (Lipinski definition) is 0. The van der Waals surface area contributed by atoms with Gasteiger partial charge in [0.25, 0.3) is 0 Å². The molecule has 0 aromatic carbocycles. The summed E-state index contributed by atoms with van der Waals surface area (Å²) in [4.78, 5) is 0. The molecule has 20 heavy (non-hydrogen) atoms. The van der Waals surface area contributed by atoms with Gasteiger partial charge in [-0.25, -0.2) is 0 Å². The fourth-order valence-electron chi connectivity index (χ4n) is 5.99. The lowest BCUT2D eigenvalue weighted by molar-refractivity contribution is 0.0101. The molecule has 116 valence electrons. The van der Waals surface area contributed by atoms with Gasteiger partial charge in [-0.2, -0.15) is 0 Å². The Morgan fingerprint density at radius 1 is 0.700 bits per heavy atom. The molecule has 3 aliphatic carbocycles. The van der Waals surface area contributed by atoms with E-state index in [1.807, 2.05) is 0 Å². The highest BCUT2D eigenvalue weighted by atomic mass is 14.5.